The van der Waals surface area contributed by atoms with Crippen LogP contribution in [0.3, 0.4) is 0 Å². The number of phenolic OH excluding ortho intramolecular Hbond substituents is 1. The van der Waals surface area contributed by atoms with E-state index in [4.69, 9.17) is 10.5 Å². The predicted octanol–water partition coefficient (Wildman–Crippen LogP) is 0.678. The van der Waals surface area contributed by atoms with Crippen molar-refractivity contribution in [3.63, 3.8) is 0 Å². The smallest absolute Gasteiger partial charge is 0.240 e. The molecular weight excluding hydrogens is 256 g/mol. The lowest BCUT2D eigenvalue weighted by Crippen LogP contribution is -2.28. The third kappa shape index (κ3) is 4.17. The van der Waals surface area contributed by atoms with Crippen molar-refractivity contribution in [1.82, 2.24) is 4.72 Å². The van der Waals surface area contributed by atoms with Gasteiger partial charge in [-0.2, -0.15) is 0 Å². The van der Waals surface area contributed by atoms with Crippen molar-refractivity contribution in [2.75, 3.05) is 18.9 Å². The van der Waals surface area contributed by atoms with Gasteiger partial charge in [-0.05, 0) is 32.0 Å². The lowest BCUT2D eigenvalue weighted by atomic mass is 10.3. The fourth-order valence-corrected chi connectivity index (χ4v) is 2.30. The molecule has 0 aliphatic carbocycles. The van der Waals surface area contributed by atoms with E-state index in [9.17, 15) is 13.5 Å². The number of phenols is 1. The average Bonchev–Trinajstić information content (AvgIpc) is 2.28. The molecule has 0 radical (unpaired) electrons. The van der Waals surface area contributed by atoms with Gasteiger partial charge in [0, 0.05) is 6.54 Å². The maximum atomic E-state index is 11.8. The van der Waals surface area contributed by atoms with Crippen molar-refractivity contribution in [3.8, 4) is 5.75 Å². The van der Waals surface area contributed by atoms with Crippen molar-refractivity contribution in [3.05, 3.63) is 18.2 Å². The van der Waals surface area contributed by atoms with E-state index in [2.05, 4.69) is 4.72 Å². The van der Waals surface area contributed by atoms with Crippen molar-refractivity contribution in [1.29, 1.82) is 0 Å². The summed E-state index contributed by atoms with van der Waals surface area (Å²) >= 11 is 0. The largest absolute Gasteiger partial charge is 0.506 e. The highest BCUT2D eigenvalue weighted by Gasteiger charge is 2.14. The molecule has 0 fully saturated rings. The minimum Gasteiger partial charge on any atom is -0.506 e. The molecule has 0 amide bonds. The van der Waals surface area contributed by atoms with E-state index in [1.807, 2.05) is 13.8 Å². The molecule has 0 aliphatic rings. The van der Waals surface area contributed by atoms with E-state index in [1.54, 1.807) is 0 Å². The predicted molar refractivity (Wildman–Crippen MR) is 68.8 cm³/mol. The van der Waals surface area contributed by atoms with E-state index >= 15 is 0 Å². The molecule has 0 aliphatic heterocycles. The third-order valence-electron chi connectivity index (χ3n) is 2.15. The van der Waals surface area contributed by atoms with Crippen molar-refractivity contribution in [2.24, 2.45) is 0 Å². The first kappa shape index (κ1) is 14.7. The summed E-state index contributed by atoms with van der Waals surface area (Å²) in [6, 6.07) is 3.74. The Labute approximate surface area is 107 Å². The minimum atomic E-state index is -3.62. The van der Waals surface area contributed by atoms with E-state index < -0.39 is 10.0 Å². The van der Waals surface area contributed by atoms with E-state index in [-0.39, 0.29) is 29.0 Å². The standard InChI is InChI=1S/C11H18N2O4S/c1-8(2)17-6-5-13-18(15,16)9-3-4-11(14)10(12)7-9/h3-4,7-8,13-14H,5-6,12H2,1-2H3. The molecule has 0 heterocycles. The fraction of sp³-hybridized carbons (Fsp3) is 0.455. The van der Waals surface area contributed by atoms with E-state index in [0.29, 0.717) is 6.61 Å². The maximum Gasteiger partial charge on any atom is 0.240 e. The molecule has 18 heavy (non-hydrogen) atoms. The number of hydrogen-bond donors (Lipinski definition) is 3. The molecule has 0 aromatic heterocycles. The first-order valence-corrected chi connectivity index (χ1v) is 7.01. The van der Waals surface area contributed by atoms with Crippen LogP contribution in [-0.2, 0) is 14.8 Å². The van der Waals surface area contributed by atoms with Crippen LogP contribution in [0.2, 0.25) is 0 Å². The molecule has 0 saturated carbocycles. The van der Waals surface area contributed by atoms with E-state index in [0.717, 1.165) is 0 Å². The van der Waals surface area contributed by atoms with Gasteiger partial charge in [-0.1, -0.05) is 0 Å². The molecule has 1 aromatic rings. The molecule has 0 unspecified atom stereocenters. The number of nitrogens with one attached hydrogen (secondary N) is 1. The summed E-state index contributed by atoms with van der Waals surface area (Å²) in [5.41, 5.74) is 5.47. The molecule has 1 rings (SSSR count). The van der Waals surface area contributed by atoms with Crippen molar-refractivity contribution >= 4 is 15.7 Å². The Morgan fingerprint density at radius 3 is 2.67 bits per heavy atom. The Morgan fingerprint density at radius 2 is 2.11 bits per heavy atom. The first-order chi connectivity index (χ1) is 8.33. The second kappa shape index (κ2) is 6.03. The normalized spacial score (nSPS) is 11.9. The number of nitrogens with two attached hydrogens (primary N) is 1. The van der Waals surface area contributed by atoms with Crippen LogP contribution in [0.15, 0.2) is 23.1 Å². The molecular formula is C11H18N2O4S. The summed E-state index contributed by atoms with van der Waals surface area (Å²) in [5.74, 6) is -0.142. The molecule has 0 bridgehead atoms. The molecule has 0 saturated heterocycles. The number of nitrogen functional groups attached to an aromatic ring is 1. The number of aromatic hydroxyl groups is 1. The summed E-state index contributed by atoms with van der Waals surface area (Å²) in [6.45, 7) is 4.22. The summed E-state index contributed by atoms with van der Waals surface area (Å²) < 4.78 is 31.3. The molecule has 0 spiro atoms. The molecule has 6 nitrogen and oxygen atoms in total. The summed E-state index contributed by atoms with van der Waals surface area (Å²) in [6.07, 6.45) is 0.0545. The van der Waals surface area contributed by atoms with Crippen LogP contribution in [0.5, 0.6) is 5.75 Å². The van der Waals surface area contributed by atoms with Gasteiger partial charge in [-0.15, -0.1) is 0 Å². The quantitative estimate of drug-likeness (QED) is 0.402. The van der Waals surface area contributed by atoms with Crippen LogP contribution in [0.25, 0.3) is 0 Å². The zero-order valence-corrected chi connectivity index (χ0v) is 11.2. The van der Waals surface area contributed by atoms with Crippen LogP contribution in [0, 0.1) is 0 Å². The summed E-state index contributed by atoms with van der Waals surface area (Å²) in [4.78, 5) is 0.0161. The third-order valence-corrected chi connectivity index (χ3v) is 3.61. The molecule has 102 valence electrons. The highest BCUT2D eigenvalue weighted by molar-refractivity contribution is 7.89. The van der Waals surface area contributed by atoms with Gasteiger partial charge in [-0.3, -0.25) is 0 Å². The lowest BCUT2D eigenvalue weighted by molar-refractivity contribution is 0.0834. The van der Waals surface area contributed by atoms with Crippen LogP contribution in [0.4, 0.5) is 5.69 Å². The topological polar surface area (TPSA) is 102 Å². The first-order valence-electron chi connectivity index (χ1n) is 5.52. The van der Waals surface area contributed by atoms with Gasteiger partial charge in [-0.25, -0.2) is 13.1 Å². The molecule has 0 atom stereocenters. The molecule has 1 aromatic carbocycles. The van der Waals surface area contributed by atoms with E-state index in [1.165, 1.54) is 18.2 Å². The Kier molecular flexibility index (Phi) is 4.94. The highest BCUT2D eigenvalue weighted by atomic mass is 32.2. The fourth-order valence-electron chi connectivity index (χ4n) is 1.25. The maximum absolute atomic E-state index is 11.8. The van der Waals surface area contributed by atoms with Gasteiger partial charge in [0.25, 0.3) is 0 Å². The van der Waals surface area contributed by atoms with Crippen molar-refractivity contribution < 1.29 is 18.3 Å². The van der Waals surface area contributed by atoms with Gasteiger partial charge < -0.3 is 15.6 Å². The lowest BCUT2D eigenvalue weighted by Gasteiger charge is -2.10. The second-order valence-corrected chi connectivity index (χ2v) is 5.80. The average molecular weight is 274 g/mol. The van der Waals surface area contributed by atoms with Gasteiger partial charge in [0.15, 0.2) is 0 Å². The molecule has 4 N–H and O–H groups in total. The van der Waals surface area contributed by atoms with Crippen molar-refractivity contribution in [2.45, 2.75) is 24.8 Å². The monoisotopic (exact) mass is 274 g/mol. The number of ether oxygens (including phenoxy) is 1. The van der Waals surface area contributed by atoms with Crippen LogP contribution < -0.4 is 10.5 Å². The Hall–Kier alpha value is -1.31. The number of benzene rings is 1. The van der Waals surface area contributed by atoms with Gasteiger partial charge in [0.05, 0.1) is 23.3 Å². The molecule has 7 heteroatoms. The number of anilines is 1. The zero-order chi connectivity index (χ0) is 13.8. The Bertz CT molecular complexity index is 500. The van der Waals surface area contributed by atoms with Gasteiger partial charge in [0.1, 0.15) is 5.75 Å². The summed E-state index contributed by atoms with van der Waals surface area (Å²) in [5, 5.41) is 9.22. The Morgan fingerprint density at radius 1 is 1.44 bits per heavy atom. The SMILES string of the molecule is CC(C)OCCNS(=O)(=O)c1ccc(O)c(N)c1. The number of sulfonamides is 1. The number of hydrogen-bond acceptors (Lipinski definition) is 5. The van der Waals surface area contributed by atoms with Crippen LogP contribution >= 0.6 is 0 Å². The van der Waals surface area contributed by atoms with Gasteiger partial charge >= 0.3 is 0 Å². The Balaban J connectivity index is 2.66. The number of rotatable bonds is 6. The highest BCUT2D eigenvalue weighted by Crippen LogP contribution is 2.22. The zero-order valence-electron chi connectivity index (χ0n) is 10.4. The second-order valence-electron chi connectivity index (χ2n) is 4.04. The van der Waals surface area contributed by atoms with Crippen LogP contribution in [0.1, 0.15) is 13.8 Å². The minimum absolute atomic E-state index is 0.0161. The van der Waals surface area contributed by atoms with Crippen LogP contribution in [-0.4, -0.2) is 32.8 Å². The summed E-state index contributed by atoms with van der Waals surface area (Å²) in [7, 11) is -3.62. The van der Waals surface area contributed by atoms with Gasteiger partial charge in [0.2, 0.25) is 10.0 Å².